The Labute approximate surface area is 389 Å². The number of hydrogen-bond acceptors (Lipinski definition) is 10. The highest BCUT2D eigenvalue weighted by Crippen LogP contribution is 2.39. The van der Waals surface area contributed by atoms with Gasteiger partial charge in [-0.1, -0.05) is 182 Å². The van der Waals surface area contributed by atoms with Crippen molar-refractivity contribution in [3.05, 3.63) is 215 Å². The van der Waals surface area contributed by atoms with Gasteiger partial charge in [0.15, 0.2) is 6.29 Å². The third-order valence-electron chi connectivity index (χ3n) is 12.2. The van der Waals surface area contributed by atoms with Crippen LogP contribution in [0.15, 0.2) is 182 Å². The maximum Gasteiger partial charge on any atom is 0.163 e. The molecule has 0 aliphatic carbocycles. The fraction of sp³-hybridized carbons (Fsp3) is 0.357. The fourth-order valence-electron chi connectivity index (χ4n) is 8.78. The van der Waals surface area contributed by atoms with E-state index in [0.717, 1.165) is 33.4 Å². The highest BCUT2D eigenvalue weighted by atomic mass is 16.7. The first kappa shape index (κ1) is 47.4. The van der Waals surface area contributed by atoms with Crippen LogP contribution in [0, 0.1) is 5.92 Å². The standard InChI is InChI=1S/C56H62O10/c1-58-56-47(52(61-35-43-24-12-4-13-25-43)53(62-36-44-26-14-5-15-27-44)50(66-56)40-60-34-42-22-10-3-11-23-42)32-48-51(57)55(64-38-46-30-18-7-19-31-46)54(63-37-45-28-16-6-17-29-45)49(65-48)39-59-33-41-20-8-2-9-21-41/h2-31,47-57H,32-40H2,1H3/t47-,48+,49-,50-,51+,52-,53-,54-,55-,56+/m1/s1. The number of benzene rings is 6. The average Bonchev–Trinajstić information content (AvgIpc) is 3.37. The number of aliphatic hydroxyl groups excluding tert-OH is 1. The molecule has 2 saturated heterocycles. The molecule has 0 unspecified atom stereocenters. The Bertz CT molecular complexity index is 2220. The second-order valence-corrected chi connectivity index (χ2v) is 16.9. The lowest BCUT2D eigenvalue weighted by Gasteiger charge is -2.49. The first-order chi connectivity index (χ1) is 32.6. The van der Waals surface area contributed by atoms with Gasteiger partial charge in [0.1, 0.15) is 36.6 Å². The summed E-state index contributed by atoms with van der Waals surface area (Å²) in [7, 11) is 1.64. The Morgan fingerprint density at radius 1 is 0.379 bits per heavy atom. The topological polar surface area (TPSA) is 103 Å². The smallest absolute Gasteiger partial charge is 0.163 e. The Morgan fingerprint density at radius 3 is 1.08 bits per heavy atom. The van der Waals surface area contributed by atoms with Crippen LogP contribution in [-0.2, 0) is 82.3 Å². The summed E-state index contributed by atoms with van der Waals surface area (Å²) in [4.78, 5) is 0. The lowest BCUT2D eigenvalue weighted by Crippen LogP contribution is -2.63. The summed E-state index contributed by atoms with van der Waals surface area (Å²) in [5.74, 6) is -0.480. The van der Waals surface area contributed by atoms with Gasteiger partial charge in [0, 0.05) is 13.0 Å². The molecule has 0 bridgehead atoms. The molecule has 0 saturated carbocycles. The quantitative estimate of drug-likeness (QED) is 0.0670. The zero-order valence-corrected chi connectivity index (χ0v) is 37.6. The Balaban J connectivity index is 1.10. The van der Waals surface area contributed by atoms with Gasteiger partial charge in [0.2, 0.25) is 0 Å². The van der Waals surface area contributed by atoms with Crippen LogP contribution in [-0.4, -0.2) is 80.6 Å². The lowest BCUT2D eigenvalue weighted by atomic mass is 9.82. The fourth-order valence-corrected chi connectivity index (χ4v) is 8.78. The van der Waals surface area contributed by atoms with E-state index in [1.54, 1.807) is 7.11 Å². The van der Waals surface area contributed by atoms with Crippen molar-refractivity contribution in [3.63, 3.8) is 0 Å². The SMILES string of the molecule is CO[C@H]1O[C@H](COCc2ccccc2)[C@@H](OCc2ccccc2)[C@H](OCc2ccccc2)[C@H]1C[C@@H]1O[C@H](COCc2ccccc2)[C@@H](OCc2ccccc2)[C@H](OCc2ccccc2)[C@H]1O. The van der Waals surface area contributed by atoms with Crippen molar-refractivity contribution in [2.24, 2.45) is 5.92 Å². The van der Waals surface area contributed by atoms with Crippen LogP contribution in [0.1, 0.15) is 39.8 Å². The van der Waals surface area contributed by atoms with E-state index in [1.165, 1.54) is 0 Å². The van der Waals surface area contributed by atoms with Gasteiger partial charge in [-0.05, 0) is 39.8 Å². The number of ether oxygens (including phenoxy) is 9. The summed E-state index contributed by atoms with van der Waals surface area (Å²) < 4.78 is 60.2. The molecule has 10 nitrogen and oxygen atoms in total. The molecule has 0 spiro atoms. The molecule has 8 rings (SSSR count). The zero-order valence-electron chi connectivity index (χ0n) is 37.6. The van der Waals surface area contributed by atoms with Gasteiger partial charge in [-0.2, -0.15) is 0 Å². The van der Waals surface area contributed by atoms with Crippen molar-refractivity contribution in [1.29, 1.82) is 0 Å². The number of rotatable bonds is 23. The highest BCUT2D eigenvalue weighted by molar-refractivity contribution is 5.18. The largest absolute Gasteiger partial charge is 0.388 e. The minimum atomic E-state index is -1.12. The van der Waals surface area contributed by atoms with Crippen LogP contribution in [0.4, 0.5) is 0 Å². The minimum absolute atomic E-state index is 0.190. The predicted molar refractivity (Wildman–Crippen MR) is 251 cm³/mol. The molecule has 6 aromatic rings. The maximum atomic E-state index is 12.6. The molecule has 0 aromatic heterocycles. The Kier molecular flexibility index (Phi) is 18.1. The van der Waals surface area contributed by atoms with Gasteiger partial charge in [0.25, 0.3) is 0 Å². The van der Waals surface area contributed by atoms with Gasteiger partial charge < -0.3 is 47.7 Å². The van der Waals surface area contributed by atoms with E-state index in [2.05, 4.69) is 0 Å². The second-order valence-electron chi connectivity index (χ2n) is 16.9. The van der Waals surface area contributed by atoms with Crippen molar-refractivity contribution in [3.8, 4) is 0 Å². The molecular formula is C56H62O10. The van der Waals surface area contributed by atoms with E-state index in [-0.39, 0.29) is 26.2 Å². The van der Waals surface area contributed by atoms with E-state index >= 15 is 0 Å². The van der Waals surface area contributed by atoms with Crippen LogP contribution >= 0.6 is 0 Å². The monoisotopic (exact) mass is 894 g/mol. The third kappa shape index (κ3) is 13.5. The number of hydrogen-bond donors (Lipinski definition) is 1. The second kappa shape index (κ2) is 25.2. The molecule has 0 radical (unpaired) electrons. The zero-order chi connectivity index (χ0) is 45.2. The maximum absolute atomic E-state index is 12.6. The highest BCUT2D eigenvalue weighted by Gasteiger charge is 2.53. The van der Waals surface area contributed by atoms with E-state index in [0.29, 0.717) is 33.0 Å². The van der Waals surface area contributed by atoms with Crippen LogP contribution in [0.2, 0.25) is 0 Å². The molecular weight excluding hydrogens is 833 g/mol. The van der Waals surface area contributed by atoms with Crippen molar-refractivity contribution in [2.45, 2.75) is 101 Å². The van der Waals surface area contributed by atoms with Crippen molar-refractivity contribution < 1.29 is 47.7 Å². The molecule has 346 valence electrons. The first-order valence-electron chi connectivity index (χ1n) is 23.0. The molecule has 2 heterocycles. The van der Waals surface area contributed by atoms with Gasteiger partial charge in [0.05, 0.1) is 65.1 Å². The molecule has 66 heavy (non-hydrogen) atoms. The molecule has 1 N–H and O–H groups in total. The summed E-state index contributed by atoms with van der Waals surface area (Å²) in [6, 6.07) is 60.1. The molecule has 6 aromatic carbocycles. The summed E-state index contributed by atoms with van der Waals surface area (Å²) in [5, 5.41) is 12.6. The average molecular weight is 895 g/mol. The van der Waals surface area contributed by atoms with E-state index in [9.17, 15) is 5.11 Å². The molecule has 10 atom stereocenters. The minimum Gasteiger partial charge on any atom is -0.388 e. The van der Waals surface area contributed by atoms with Crippen molar-refractivity contribution in [1.82, 2.24) is 0 Å². The van der Waals surface area contributed by atoms with Crippen molar-refractivity contribution >= 4 is 0 Å². The molecule has 0 amide bonds. The summed E-state index contributed by atoms with van der Waals surface area (Å²) >= 11 is 0. The molecule has 2 aliphatic rings. The van der Waals surface area contributed by atoms with E-state index in [4.69, 9.17) is 42.6 Å². The van der Waals surface area contributed by atoms with Gasteiger partial charge >= 0.3 is 0 Å². The van der Waals surface area contributed by atoms with Gasteiger partial charge in [-0.3, -0.25) is 0 Å². The van der Waals surface area contributed by atoms with Crippen LogP contribution in [0.5, 0.6) is 0 Å². The van der Waals surface area contributed by atoms with Crippen LogP contribution < -0.4 is 0 Å². The predicted octanol–water partition coefficient (Wildman–Crippen LogP) is 9.27. The number of methoxy groups -OCH3 is 1. The van der Waals surface area contributed by atoms with E-state index in [1.807, 2.05) is 182 Å². The molecule has 10 heteroatoms. The normalized spacial score (nSPS) is 25.4. The van der Waals surface area contributed by atoms with E-state index < -0.39 is 61.0 Å². The lowest BCUT2D eigenvalue weighted by molar-refractivity contribution is -0.312. The Hall–Kier alpha value is -5.08. The van der Waals surface area contributed by atoms with Crippen LogP contribution in [0.25, 0.3) is 0 Å². The first-order valence-corrected chi connectivity index (χ1v) is 23.0. The summed E-state index contributed by atoms with van der Waals surface area (Å²) in [6.45, 7) is 2.37. The summed E-state index contributed by atoms with van der Waals surface area (Å²) in [5.41, 5.74) is 6.07. The van der Waals surface area contributed by atoms with Gasteiger partial charge in [-0.15, -0.1) is 0 Å². The third-order valence-corrected chi connectivity index (χ3v) is 12.2. The number of aliphatic hydroxyl groups is 1. The molecule has 2 fully saturated rings. The molecule has 2 aliphatic heterocycles. The van der Waals surface area contributed by atoms with Crippen molar-refractivity contribution in [2.75, 3.05) is 20.3 Å². The van der Waals surface area contributed by atoms with Crippen LogP contribution in [0.3, 0.4) is 0 Å². The summed E-state index contributed by atoms with van der Waals surface area (Å²) in [6.07, 6.45) is -6.24. The van der Waals surface area contributed by atoms with Gasteiger partial charge in [-0.25, -0.2) is 0 Å². The Morgan fingerprint density at radius 2 is 0.697 bits per heavy atom.